The van der Waals surface area contributed by atoms with E-state index in [1.54, 1.807) is 12.1 Å². The zero-order valence-corrected chi connectivity index (χ0v) is 15.7. The molecule has 1 N–H and O–H groups in total. The highest BCUT2D eigenvalue weighted by molar-refractivity contribution is 7.89. The van der Waals surface area contributed by atoms with Gasteiger partial charge in [-0.3, -0.25) is 10.1 Å². The SMILES string of the molecule is CS(=O)(=O)Cc1ccc(C(=O)Nc2nc(-c3cc(F)ccc3F)cs2)cc1. The number of amides is 1. The molecular weight excluding hydrogens is 394 g/mol. The van der Waals surface area contributed by atoms with Gasteiger partial charge in [-0.15, -0.1) is 11.3 Å². The van der Waals surface area contributed by atoms with Crippen LogP contribution in [0.2, 0.25) is 0 Å². The number of hydrogen-bond acceptors (Lipinski definition) is 5. The molecule has 27 heavy (non-hydrogen) atoms. The summed E-state index contributed by atoms with van der Waals surface area (Å²) in [7, 11) is -3.16. The van der Waals surface area contributed by atoms with E-state index < -0.39 is 27.4 Å². The highest BCUT2D eigenvalue weighted by Crippen LogP contribution is 2.28. The molecule has 1 heterocycles. The van der Waals surface area contributed by atoms with E-state index >= 15 is 0 Å². The molecule has 3 aromatic rings. The van der Waals surface area contributed by atoms with Gasteiger partial charge in [-0.25, -0.2) is 22.2 Å². The third kappa shape index (κ3) is 4.95. The number of aromatic nitrogens is 1. The molecule has 1 amide bonds. The van der Waals surface area contributed by atoms with E-state index in [-0.39, 0.29) is 22.1 Å². The lowest BCUT2D eigenvalue weighted by Crippen LogP contribution is -2.12. The molecule has 0 saturated heterocycles. The van der Waals surface area contributed by atoms with E-state index in [2.05, 4.69) is 10.3 Å². The van der Waals surface area contributed by atoms with Gasteiger partial charge in [-0.2, -0.15) is 0 Å². The van der Waals surface area contributed by atoms with Gasteiger partial charge in [0.1, 0.15) is 11.6 Å². The van der Waals surface area contributed by atoms with Crippen molar-refractivity contribution in [1.82, 2.24) is 4.98 Å². The van der Waals surface area contributed by atoms with Gasteiger partial charge >= 0.3 is 0 Å². The van der Waals surface area contributed by atoms with E-state index in [1.807, 2.05) is 0 Å². The Hall–Kier alpha value is -2.65. The fourth-order valence-corrected chi connectivity index (χ4v) is 3.88. The molecule has 140 valence electrons. The lowest BCUT2D eigenvalue weighted by molar-refractivity contribution is 0.102. The predicted molar refractivity (Wildman–Crippen MR) is 100 cm³/mol. The maximum absolute atomic E-state index is 13.8. The summed E-state index contributed by atoms with van der Waals surface area (Å²) in [6.45, 7) is 0. The van der Waals surface area contributed by atoms with Crippen molar-refractivity contribution in [3.8, 4) is 11.3 Å². The van der Waals surface area contributed by atoms with Crippen LogP contribution in [0.15, 0.2) is 47.8 Å². The molecule has 0 atom stereocenters. The summed E-state index contributed by atoms with van der Waals surface area (Å²) >= 11 is 1.08. The third-order valence-corrected chi connectivity index (χ3v) is 5.19. The number of hydrogen-bond donors (Lipinski definition) is 1. The van der Waals surface area contributed by atoms with Crippen molar-refractivity contribution in [2.24, 2.45) is 0 Å². The Morgan fingerprint density at radius 1 is 1.15 bits per heavy atom. The highest BCUT2D eigenvalue weighted by atomic mass is 32.2. The van der Waals surface area contributed by atoms with Gasteiger partial charge in [-0.05, 0) is 35.9 Å². The Kier molecular flexibility index (Phi) is 5.33. The highest BCUT2D eigenvalue weighted by Gasteiger charge is 2.13. The van der Waals surface area contributed by atoms with Crippen LogP contribution < -0.4 is 5.32 Å². The number of nitrogens with zero attached hydrogens (tertiary/aromatic N) is 1. The molecule has 0 unspecified atom stereocenters. The van der Waals surface area contributed by atoms with E-state index in [4.69, 9.17) is 0 Å². The largest absolute Gasteiger partial charge is 0.298 e. The van der Waals surface area contributed by atoms with Crippen LogP contribution in [0.1, 0.15) is 15.9 Å². The molecule has 0 bridgehead atoms. The maximum Gasteiger partial charge on any atom is 0.257 e. The first kappa shape index (κ1) is 19.1. The number of benzene rings is 2. The predicted octanol–water partition coefficient (Wildman–Crippen LogP) is 3.89. The van der Waals surface area contributed by atoms with Crippen molar-refractivity contribution in [3.05, 3.63) is 70.6 Å². The zero-order valence-electron chi connectivity index (χ0n) is 14.1. The molecule has 9 heteroatoms. The minimum Gasteiger partial charge on any atom is -0.298 e. The summed E-state index contributed by atoms with van der Waals surface area (Å²) in [5, 5.41) is 4.34. The maximum atomic E-state index is 13.8. The fourth-order valence-electron chi connectivity index (χ4n) is 2.37. The molecule has 0 fully saturated rings. The Bertz CT molecular complexity index is 1090. The second-order valence-electron chi connectivity index (χ2n) is 5.88. The van der Waals surface area contributed by atoms with Crippen molar-refractivity contribution in [1.29, 1.82) is 0 Å². The molecular formula is C18H14F2N2O3S2. The summed E-state index contributed by atoms with van der Waals surface area (Å²) in [6, 6.07) is 9.21. The molecule has 0 saturated carbocycles. The Labute approximate surface area is 158 Å². The van der Waals surface area contributed by atoms with Crippen LogP contribution in [0.25, 0.3) is 11.3 Å². The van der Waals surface area contributed by atoms with Crippen molar-refractivity contribution < 1.29 is 22.0 Å². The number of anilines is 1. The average molecular weight is 408 g/mol. The van der Waals surface area contributed by atoms with Gasteiger partial charge in [0.2, 0.25) is 0 Å². The smallest absolute Gasteiger partial charge is 0.257 e. The molecule has 1 aromatic heterocycles. The second kappa shape index (κ2) is 7.53. The Morgan fingerprint density at radius 2 is 1.85 bits per heavy atom. The van der Waals surface area contributed by atoms with E-state index in [0.29, 0.717) is 11.1 Å². The summed E-state index contributed by atoms with van der Waals surface area (Å²) in [5.41, 5.74) is 1.13. The van der Waals surface area contributed by atoms with Crippen LogP contribution in [0.5, 0.6) is 0 Å². The third-order valence-electron chi connectivity index (χ3n) is 3.57. The van der Waals surface area contributed by atoms with Crippen molar-refractivity contribution >= 4 is 32.2 Å². The zero-order chi connectivity index (χ0) is 19.6. The number of thiazole rings is 1. The summed E-state index contributed by atoms with van der Waals surface area (Å²) in [4.78, 5) is 16.4. The lowest BCUT2D eigenvalue weighted by atomic mass is 10.1. The summed E-state index contributed by atoms with van der Waals surface area (Å²) in [5.74, 6) is -1.74. The lowest BCUT2D eigenvalue weighted by Gasteiger charge is -2.04. The minimum atomic E-state index is -3.16. The molecule has 2 aromatic carbocycles. The monoisotopic (exact) mass is 408 g/mol. The normalized spacial score (nSPS) is 11.4. The number of halogens is 2. The van der Waals surface area contributed by atoms with E-state index in [1.165, 1.54) is 17.5 Å². The van der Waals surface area contributed by atoms with Gasteiger partial charge < -0.3 is 0 Å². The fraction of sp³-hybridized carbons (Fsp3) is 0.111. The average Bonchev–Trinajstić information content (AvgIpc) is 3.04. The molecule has 0 aliphatic carbocycles. The van der Waals surface area contributed by atoms with Gasteiger partial charge in [0.25, 0.3) is 5.91 Å². The summed E-state index contributed by atoms with van der Waals surface area (Å²) < 4.78 is 49.7. The molecule has 3 rings (SSSR count). The molecule has 0 radical (unpaired) electrons. The Morgan fingerprint density at radius 3 is 2.52 bits per heavy atom. The molecule has 0 aliphatic rings. The minimum absolute atomic E-state index is 0.0110. The first-order valence-corrected chi connectivity index (χ1v) is 10.6. The number of rotatable bonds is 5. The number of carbonyl (C=O) groups excluding carboxylic acids is 1. The quantitative estimate of drug-likeness (QED) is 0.695. The number of sulfone groups is 1. The van der Waals surface area contributed by atoms with Gasteiger partial charge in [0, 0.05) is 22.8 Å². The summed E-state index contributed by atoms with van der Waals surface area (Å²) in [6.07, 6.45) is 1.13. The van der Waals surface area contributed by atoms with Gasteiger partial charge in [-0.1, -0.05) is 12.1 Å². The topological polar surface area (TPSA) is 76.1 Å². The Balaban J connectivity index is 1.73. The van der Waals surface area contributed by atoms with Crippen LogP contribution >= 0.6 is 11.3 Å². The van der Waals surface area contributed by atoms with E-state index in [0.717, 1.165) is 35.8 Å². The van der Waals surface area contributed by atoms with Crippen molar-refractivity contribution in [2.45, 2.75) is 5.75 Å². The van der Waals surface area contributed by atoms with E-state index in [9.17, 15) is 22.0 Å². The molecule has 5 nitrogen and oxygen atoms in total. The first-order valence-electron chi connectivity index (χ1n) is 7.70. The van der Waals surface area contributed by atoms with Crippen LogP contribution in [0, 0.1) is 11.6 Å². The molecule has 0 spiro atoms. The van der Waals surface area contributed by atoms with Crippen molar-refractivity contribution in [3.63, 3.8) is 0 Å². The number of nitrogens with one attached hydrogen (secondary N) is 1. The van der Waals surface area contributed by atoms with Gasteiger partial charge in [0.15, 0.2) is 15.0 Å². The van der Waals surface area contributed by atoms with Crippen LogP contribution in [-0.2, 0) is 15.6 Å². The van der Waals surface area contributed by atoms with Crippen LogP contribution in [-0.4, -0.2) is 25.6 Å². The van der Waals surface area contributed by atoms with Crippen LogP contribution in [0.4, 0.5) is 13.9 Å². The standard InChI is InChI=1S/C18H14F2N2O3S2/c1-27(24,25)10-11-2-4-12(5-3-11)17(23)22-18-21-16(9-26-18)14-8-13(19)6-7-15(14)20/h2-9H,10H2,1H3,(H,21,22,23). The second-order valence-corrected chi connectivity index (χ2v) is 8.88. The van der Waals surface area contributed by atoms with Crippen molar-refractivity contribution in [2.75, 3.05) is 11.6 Å². The molecule has 0 aliphatic heterocycles. The van der Waals surface area contributed by atoms with Crippen LogP contribution in [0.3, 0.4) is 0 Å². The first-order chi connectivity index (χ1) is 12.7. The van der Waals surface area contributed by atoms with Gasteiger partial charge in [0.05, 0.1) is 11.4 Å². The number of carbonyl (C=O) groups is 1.